The summed E-state index contributed by atoms with van der Waals surface area (Å²) in [4.78, 5) is 4.17. The molecule has 0 radical (unpaired) electrons. The minimum absolute atomic E-state index is 0.551. The SMILES string of the molecule is COCn1c2ccccc2c2ccncc21. The minimum atomic E-state index is 0.551. The fourth-order valence-corrected chi connectivity index (χ4v) is 2.16. The van der Waals surface area contributed by atoms with E-state index in [-0.39, 0.29) is 0 Å². The van der Waals surface area contributed by atoms with E-state index in [1.807, 2.05) is 24.5 Å². The van der Waals surface area contributed by atoms with Gasteiger partial charge in [-0.15, -0.1) is 0 Å². The van der Waals surface area contributed by atoms with Gasteiger partial charge >= 0.3 is 0 Å². The van der Waals surface area contributed by atoms with Gasteiger partial charge in [0.1, 0.15) is 6.73 Å². The van der Waals surface area contributed by atoms with Crippen LogP contribution in [-0.2, 0) is 11.5 Å². The summed E-state index contributed by atoms with van der Waals surface area (Å²) < 4.78 is 7.37. The van der Waals surface area contributed by atoms with Crippen molar-refractivity contribution in [1.29, 1.82) is 0 Å². The van der Waals surface area contributed by atoms with Gasteiger partial charge in [-0.3, -0.25) is 4.98 Å². The number of hydrogen-bond acceptors (Lipinski definition) is 2. The second-order valence-electron chi connectivity index (χ2n) is 3.76. The highest BCUT2D eigenvalue weighted by atomic mass is 16.5. The first-order valence-electron chi connectivity index (χ1n) is 5.21. The smallest absolute Gasteiger partial charge is 0.123 e. The minimum Gasteiger partial charge on any atom is -0.364 e. The molecular weight excluding hydrogens is 200 g/mol. The number of fused-ring (bicyclic) bond motifs is 3. The van der Waals surface area contributed by atoms with Gasteiger partial charge in [-0.25, -0.2) is 0 Å². The van der Waals surface area contributed by atoms with Crippen LogP contribution < -0.4 is 0 Å². The Labute approximate surface area is 93.3 Å². The highest BCUT2D eigenvalue weighted by Crippen LogP contribution is 2.27. The second kappa shape index (κ2) is 3.61. The Bertz CT molecular complexity index is 589. The third-order valence-electron chi connectivity index (χ3n) is 2.83. The number of rotatable bonds is 2. The van der Waals surface area contributed by atoms with Crippen molar-refractivity contribution in [3.8, 4) is 0 Å². The van der Waals surface area contributed by atoms with Gasteiger partial charge < -0.3 is 9.30 Å². The summed E-state index contributed by atoms with van der Waals surface area (Å²) in [5, 5.41) is 2.47. The van der Waals surface area contributed by atoms with Crippen LogP contribution in [-0.4, -0.2) is 16.7 Å². The van der Waals surface area contributed by atoms with Crippen molar-refractivity contribution in [1.82, 2.24) is 9.55 Å². The third-order valence-corrected chi connectivity index (χ3v) is 2.83. The van der Waals surface area contributed by atoms with Crippen molar-refractivity contribution in [2.75, 3.05) is 7.11 Å². The Balaban J connectivity index is 2.49. The average molecular weight is 212 g/mol. The predicted molar refractivity (Wildman–Crippen MR) is 64.2 cm³/mol. The van der Waals surface area contributed by atoms with E-state index in [9.17, 15) is 0 Å². The topological polar surface area (TPSA) is 27.1 Å². The number of aromatic nitrogens is 2. The van der Waals surface area contributed by atoms with Crippen LogP contribution in [0.1, 0.15) is 0 Å². The second-order valence-corrected chi connectivity index (χ2v) is 3.76. The van der Waals surface area contributed by atoms with Crippen LogP contribution in [0.15, 0.2) is 42.7 Å². The Kier molecular flexibility index (Phi) is 2.11. The molecule has 1 aromatic carbocycles. The van der Waals surface area contributed by atoms with Crippen molar-refractivity contribution < 1.29 is 4.74 Å². The summed E-state index contributed by atoms with van der Waals surface area (Å²) in [5.74, 6) is 0. The predicted octanol–water partition coefficient (Wildman–Crippen LogP) is 2.79. The van der Waals surface area contributed by atoms with E-state index in [0.29, 0.717) is 6.73 Å². The lowest BCUT2D eigenvalue weighted by atomic mass is 10.2. The Hall–Kier alpha value is -1.87. The van der Waals surface area contributed by atoms with Crippen LogP contribution in [0.3, 0.4) is 0 Å². The lowest BCUT2D eigenvalue weighted by Gasteiger charge is -2.04. The van der Waals surface area contributed by atoms with E-state index in [1.54, 1.807) is 7.11 Å². The van der Waals surface area contributed by atoms with Crippen LogP contribution >= 0.6 is 0 Å². The van der Waals surface area contributed by atoms with Crippen LogP contribution in [0.4, 0.5) is 0 Å². The molecule has 0 fully saturated rings. The molecule has 0 aliphatic heterocycles. The van der Waals surface area contributed by atoms with Crippen LogP contribution in [0, 0.1) is 0 Å². The first-order chi connectivity index (χ1) is 7.92. The molecule has 0 saturated carbocycles. The molecule has 3 heteroatoms. The summed E-state index contributed by atoms with van der Waals surface area (Å²) in [6, 6.07) is 10.4. The standard InChI is InChI=1S/C13H12N2O/c1-16-9-15-12-5-3-2-4-10(12)11-6-7-14-8-13(11)15/h2-8H,9H2,1H3. The zero-order valence-electron chi connectivity index (χ0n) is 9.05. The zero-order chi connectivity index (χ0) is 11.0. The molecule has 0 N–H and O–H groups in total. The van der Waals surface area contributed by atoms with Gasteiger partial charge in [0.15, 0.2) is 0 Å². The van der Waals surface area contributed by atoms with E-state index in [4.69, 9.17) is 4.74 Å². The molecule has 2 aromatic heterocycles. The molecule has 0 amide bonds. The van der Waals surface area contributed by atoms with Crippen LogP contribution in [0.25, 0.3) is 21.8 Å². The molecule has 0 unspecified atom stereocenters. The normalized spacial score (nSPS) is 11.3. The van der Waals surface area contributed by atoms with Gasteiger partial charge in [0, 0.05) is 24.1 Å². The highest BCUT2D eigenvalue weighted by molar-refractivity contribution is 6.07. The quantitative estimate of drug-likeness (QED) is 0.653. The monoisotopic (exact) mass is 212 g/mol. The Morgan fingerprint density at radius 2 is 1.94 bits per heavy atom. The molecule has 0 saturated heterocycles. The Morgan fingerprint density at radius 3 is 2.81 bits per heavy atom. The number of methoxy groups -OCH3 is 1. The fraction of sp³-hybridized carbons (Fsp3) is 0.154. The van der Waals surface area contributed by atoms with E-state index in [0.717, 1.165) is 5.52 Å². The van der Waals surface area contributed by atoms with Crippen molar-refractivity contribution in [2.24, 2.45) is 0 Å². The number of benzene rings is 1. The van der Waals surface area contributed by atoms with E-state index in [1.165, 1.54) is 16.3 Å². The number of hydrogen-bond donors (Lipinski definition) is 0. The van der Waals surface area contributed by atoms with Crippen molar-refractivity contribution in [2.45, 2.75) is 6.73 Å². The van der Waals surface area contributed by atoms with Gasteiger partial charge in [-0.1, -0.05) is 18.2 Å². The maximum Gasteiger partial charge on any atom is 0.123 e. The molecule has 3 aromatic rings. The lowest BCUT2D eigenvalue weighted by Crippen LogP contribution is -1.98. The van der Waals surface area contributed by atoms with Gasteiger partial charge in [0.05, 0.1) is 17.2 Å². The molecule has 0 aliphatic rings. The molecular formula is C13H12N2O. The molecule has 0 spiro atoms. The number of pyridine rings is 1. The number of para-hydroxylation sites is 1. The van der Waals surface area contributed by atoms with Gasteiger partial charge in [0.25, 0.3) is 0 Å². The van der Waals surface area contributed by atoms with Crippen molar-refractivity contribution in [3.05, 3.63) is 42.7 Å². The summed E-state index contributed by atoms with van der Waals surface area (Å²) in [5.41, 5.74) is 2.30. The fourth-order valence-electron chi connectivity index (χ4n) is 2.16. The molecule has 0 atom stereocenters. The van der Waals surface area contributed by atoms with Crippen LogP contribution in [0.2, 0.25) is 0 Å². The third kappa shape index (κ3) is 1.22. The van der Waals surface area contributed by atoms with Gasteiger partial charge in [-0.05, 0) is 12.1 Å². The van der Waals surface area contributed by atoms with E-state index >= 15 is 0 Å². The summed E-state index contributed by atoms with van der Waals surface area (Å²) >= 11 is 0. The molecule has 16 heavy (non-hydrogen) atoms. The molecule has 3 rings (SSSR count). The molecule has 2 heterocycles. The van der Waals surface area contributed by atoms with Crippen molar-refractivity contribution in [3.63, 3.8) is 0 Å². The number of ether oxygens (including phenoxy) is 1. The largest absolute Gasteiger partial charge is 0.364 e. The zero-order valence-corrected chi connectivity index (χ0v) is 9.05. The van der Waals surface area contributed by atoms with Gasteiger partial charge in [-0.2, -0.15) is 0 Å². The molecule has 3 nitrogen and oxygen atoms in total. The van der Waals surface area contributed by atoms with Crippen LogP contribution in [0.5, 0.6) is 0 Å². The first-order valence-corrected chi connectivity index (χ1v) is 5.21. The lowest BCUT2D eigenvalue weighted by molar-refractivity contribution is 0.138. The van der Waals surface area contributed by atoms with Gasteiger partial charge in [0.2, 0.25) is 0 Å². The first kappa shape index (κ1) is 9.36. The molecule has 80 valence electrons. The maximum absolute atomic E-state index is 5.24. The summed E-state index contributed by atoms with van der Waals surface area (Å²) in [7, 11) is 1.71. The van der Waals surface area contributed by atoms with E-state index < -0.39 is 0 Å². The van der Waals surface area contributed by atoms with E-state index in [2.05, 4.69) is 27.8 Å². The van der Waals surface area contributed by atoms with Crippen molar-refractivity contribution >= 4 is 21.8 Å². The number of nitrogens with zero attached hydrogens (tertiary/aromatic N) is 2. The summed E-state index contributed by atoms with van der Waals surface area (Å²) in [6.45, 7) is 0.551. The average Bonchev–Trinajstić information content (AvgIpc) is 2.66. The molecule has 0 bridgehead atoms. The Morgan fingerprint density at radius 1 is 1.12 bits per heavy atom. The summed E-state index contributed by atoms with van der Waals surface area (Å²) in [6.07, 6.45) is 3.71. The molecule has 0 aliphatic carbocycles. The maximum atomic E-state index is 5.24. The highest BCUT2D eigenvalue weighted by Gasteiger charge is 2.08.